The van der Waals surface area contributed by atoms with Crippen LogP contribution in [0.3, 0.4) is 0 Å². The fraction of sp³-hybridized carbons (Fsp3) is 0.0909. The molecule has 92 valence electrons. The van der Waals surface area contributed by atoms with Crippen LogP contribution in [0.25, 0.3) is 0 Å². The number of carbonyl (C=O) groups is 1. The normalized spacial score (nSPS) is 10.1. The number of hydrogen-bond acceptors (Lipinski definition) is 5. The van der Waals surface area contributed by atoms with Crippen molar-refractivity contribution in [3.05, 3.63) is 52.1 Å². The van der Waals surface area contributed by atoms with Crippen LogP contribution >= 0.6 is 0 Å². The zero-order chi connectivity index (χ0) is 13.1. The molecule has 1 N–H and O–H groups in total. The van der Waals surface area contributed by atoms with Gasteiger partial charge in [-0.3, -0.25) is 14.9 Å². The summed E-state index contributed by atoms with van der Waals surface area (Å²) in [6.45, 7) is 1.66. The van der Waals surface area contributed by atoms with Crippen LogP contribution < -0.4 is 5.32 Å². The molecule has 2 aromatic heterocycles. The van der Waals surface area contributed by atoms with E-state index < -0.39 is 4.92 Å². The molecule has 7 heteroatoms. The largest absolute Gasteiger partial charge is 0.469 e. The van der Waals surface area contributed by atoms with Crippen LogP contribution in [0.4, 0.5) is 11.5 Å². The molecule has 0 bridgehead atoms. The minimum atomic E-state index is -0.557. The monoisotopic (exact) mass is 247 g/mol. The fourth-order valence-corrected chi connectivity index (χ4v) is 1.37. The zero-order valence-corrected chi connectivity index (χ0v) is 9.41. The van der Waals surface area contributed by atoms with Gasteiger partial charge in [-0.1, -0.05) is 0 Å². The van der Waals surface area contributed by atoms with Gasteiger partial charge in [0.2, 0.25) is 0 Å². The Kier molecular flexibility index (Phi) is 3.05. The number of nitrogens with zero attached hydrogens (tertiary/aromatic N) is 2. The number of aryl methyl sites for hydroxylation is 1. The Hall–Kier alpha value is -2.70. The van der Waals surface area contributed by atoms with Gasteiger partial charge in [-0.05, 0) is 19.1 Å². The number of furan rings is 1. The van der Waals surface area contributed by atoms with Crippen molar-refractivity contribution in [1.82, 2.24) is 4.98 Å². The first-order valence-corrected chi connectivity index (χ1v) is 5.04. The van der Waals surface area contributed by atoms with Crippen molar-refractivity contribution in [3.8, 4) is 0 Å². The number of hydrogen-bond donors (Lipinski definition) is 1. The average Bonchev–Trinajstić information content (AvgIpc) is 2.76. The molecular weight excluding hydrogens is 238 g/mol. The maximum absolute atomic E-state index is 11.8. The third-order valence-corrected chi connectivity index (χ3v) is 2.30. The van der Waals surface area contributed by atoms with E-state index in [1.807, 2.05) is 0 Å². The Bertz CT molecular complexity index is 589. The summed E-state index contributed by atoms with van der Waals surface area (Å²) in [6, 6.07) is 4.17. The molecule has 0 aliphatic rings. The van der Waals surface area contributed by atoms with E-state index >= 15 is 0 Å². The summed E-state index contributed by atoms with van der Waals surface area (Å²) < 4.78 is 5.00. The summed E-state index contributed by atoms with van der Waals surface area (Å²) in [6.07, 6.45) is 2.49. The van der Waals surface area contributed by atoms with Crippen LogP contribution in [0.2, 0.25) is 0 Å². The van der Waals surface area contributed by atoms with Gasteiger partial charge in [0, 0.05) is 6.07 Å². The molecule has 7 nitrogen and oxygen atoms in total. The van der Waals surface area contributed by atoms with Gasteiger partial charge in [-0.25, -0.2) is 4.98 Å². The molecule has 0 fully saturated rings. The summed E-state index contributed by atoms with van der Waals surface area (Å²) in [7, 11) is 0. The Balaban J connectivity index is 2.13. The minimum absolute atomic E-state index is 0.132. The van der Waals surface area contributed by atoms with Crippen LogP contribution in [0.15, 0.2) is 35.1 Å². The Morgan fingerprint density at radius 1 is 1.44 bits per heavy atom. The van der Waals surface area contributed by atoms with E-state index in [1.165, 1.54) is 24.5 Å². The lowest BCUT2D eigenvalue weighted by Crippen LogP contribution is -2.13. The van der Waals surface area contributed by atoms with Crippen LogP contribution in [0.5, 0.6) is 0 Å². The smallest absolute Gasteiger partial charge is 0.287 e. The highest BCUT2D eigenvalue weighted by Gasteiger charge is 2.13. The van der Waals surface area contributed by atoms with E-state index in [4.69, 9.17) is 4.42 Å². The van der Waals surface area contributed by atoms with Gasteiger partial charge in [-0.15, -0.1) is 0 Å². The first-order chi connectivity index (χ1) is 8.58. The molecule has 0 saturated heterocycles. The maximum Gasteiger partial charge on any atom is 0.287 e. The molecule has 0 aliphatic carbocycles. The Morgan fingerprint density at radius 2 is 2.22 bits per heavy atom. The van der Waals surface area contributed by atoms with Gasteiger partial charge in [0.1, 0.15) is 17.8 Å². The van der Waals surface area contributed by atoms with Crippen molar-refractivity contribution in [2.24, 2.45) is 0 Å². The lowest BCUT2D eigenvalue weighted by atomic mass is 10.2. The first kappa shape index (κ1) is 11.8. The maximum atomic E-state index is 11.8. The van der Waals surface area contributed by atoms with E-state index in [2.05, 4.69) is 10.3 Å². The molecule has 0 atom stereocenters. The van der Waals surface area contributed by atoms with Crippen molar-refractivity contribution in [1.29, 1.82) is 0 Å². The molecule has 2 heterocycles. The predicted molar refractivity (Wildman–Crippen MR) is 62.3 cm³/mol. The molecule has 0 spiro atoms. The molecule has 18 heavy (non-hydrogen) atoms. The van der Waals surface area contributed by atoms with Crippen molar-refractivity contribution in [2.75, 3.05) is 5.32 Å². The van der Waals surface area contributed by atoms with Gasteiger partial charge in [0.05, 0.1) is 16.7 Å². The number of carbonyl (C=O) groups excluding carboxylic acids is 1. The highest BCUT2D eigenvalue weighted by molar-refractivity contribution is 6.04. The number of pyridine rings is 1. The molecule has 0 radical (unpaired) electrons. The summed E-state index contributed by atoms with van der Waals surface area (Å²) in [5, 5.41) is 13.0. The number of amides is 1. The average molecular weight is 247 g/mol. The highest BCUT2D eigenvalue weighted by Crippen LogP contribution is 2.14. The zero-order valence-electron chi connectivity index (χ0n) is 9.41. The fourth-order valence-electron chi connectivity index (χ4n) is 1.37. The molecular formula is C11H9N3O4. The van der Waals surface area contributed by atoms with Gasteiger partial charge in [0.25, 0.3) is 11.6 Å². The number of nitro groups is 1. The number of aromatic nitrogens is 1. The molecule has 2 aromatic rings. The number of anilines is 1. The summed E-state index contributed by atoms with van der Waals surface area (Å²) >= 11 is 0. The van der Waals surface area contributed by atoms with Gasteiger partial charge < -0.3 is 9.73 Å². The second kappa shape index (κ2) is 4.66. The van der Waals surface area contributed by atoms with Crippen molar-refractivity contribution < 1.29 is 14.1 Å². The summed E-state index contributed by atoms with van der Waals surface area (Å²) in [4.78, 5) is 25.4. The Labute approximate surface area is 102 Å². The standard InChI is InChI=1S/C11H9N3O4/c1-7-9(4-5-18-7)11(15)13-10-3-2-8(6-12-10)14(16)17/h2-6H,1H3,(H,12,13,15). The molecule has 0 saturated carbocycles. The second-order valence-corrected chi connectivity index (χ2v) is 3.50. The van der Waals surface area contributed by atoms with Crippen LogP contribution in [-0.4, -0.2) is 15.8 Å². The highest BCUT2D eigenvalue weighted by atomic mass is 16.6. The van der Waals surface area contributed by atoms with E-state index in [0.29, 0.717) is 11.3 Å². The van der Waals surface area contributed by atoms with E-state index in [-0.39, 0.29) is 17.4 Å². The summed E-state index contributed by atoms with van der Waals surface area (Å²) in [5.41, 5.74) is 0.266. The number of nitrogens with one attached hydrogen (secondary N) is 1. The lowest BCUT2D eigenvalue weighted by Gasteiger charge is -2.02. The quantitative estimate of drug-likeness (QED) is 0.661. The minimum Gasteiger partial charge on any atom is -0.469 e. The predicted octanol–water partition coefficient (Wildman–Crippen LogP) is 2.14. The Morgan fingerprint density at radius 3 is 2.72 bits per heavy atom. The van der Waals surface area contributed by atoms with Crippen LogP contribution in [0, 0.1) is 17.0 Å². The van der Waals surface area contributed by atoms with Crippen LogP contribution in [-0.2, 0) is 0 Å². The second-order valence-electron chi connectivity index (χ2n) is 3.50. The molecule has 0 aromatic carbocycles. The van der Waals surface area contributed by atoms with Gasteiger partial charge in [0.15, 0.2) is 0 Å². The first-order valence-electron chi connectivity index (χ1n) is 5.04. The third kappa shape index (κ3) is 2.34. The van der Waals surface area contributed by atoms with E-state index in [0.717, 1.165) is 6.20 Å². The molecule has 0 aliphatic heterocycles. The molecule has 2 rings (SSSR count). The van der Waals surface area contributed by atoms with Gasteiger partial charge >= 0.3 is 0 Å². The lowest BCUT2D eigenvalue weighted by molar-refractivity contribution is -0.385. The van der Waals surface area contributed by atoms with E-state index in [9.17, 15) is 14.9 Å². The van der Waals surface area contributed by atoms with Gasteiger partial charge in [-0.2, -0.15) is 0 Å². The van der Waals surface area contributed by atoms with E-state index in [1.54, 1.807) is 6.92 Å². The molecule has 1 amide bonds. The molecule has 0 unspecified atom stereocenters. The van der Waals surface area contributed by atoms with Crippen molar-refractivity contribution in [3.63, 3.8) is 0 Å². The SMILES string of the molecule is Cc1occc1C(=O)Nc1ccc([N+](=O)[O-])cn1. The van der Waals surface area contributed by atoms with Crippen LogP contribution in [0.1, 0.15) is 16.1 Å². The van der Waals surface area contributed by atoms with Crippen molar-refractivity contribution in [2.45, 2.75) is 6.92 Å². The summed E-state index contributed by atoms with van der Waals surface area (Å²) in [5.74, 6) is 0.364. The number of rotatable bonds is 3. The van der Waals surface area contributed by atoms with Crippen molar-refractivity contribution >= 4 is 17.4 Å². The third-order valence-electron chi connectivity index (χ3n) is 2.30. The topological polar surface area (TPSA) is 98.3 Å².